The Kier molecular flexibility index (Phi) is 3.20. The number of nitrogens with zero attached hydrogens (tertiary/aromatic N) is 2. The number of nitrogens with two attached hydrogens (primary N) is 1. The lowest BCUT2D eigenvalue weighted by Gasteiger charge is -2.15. The largest absolute Gasteiger partial charge is 0.320 e. The highest BCUT2D eigenvalue weighted by molar-refractivity contribution is 5.85. The van der Waals surface area contributed by atoms with Crippen LogP contribution in [0.1, 0.15) is 28.6 Å². The fourth-order valence-electron chi connectivity index (χ4n) is 2.61. The van der Waals surface area contributed by atoms with Crippen LogP contribution in [0.5, 0.6) is 0 Å². The first-order valence-electron chi connectivity index (χ1n) is 6.68. The second-order valence-corrected chi connectivity index (χ2v) is 5.11. The van der Waals surface area contributed by atoms with Crippen LogP contribution < -0.4 is 5.73 Å². The van der Waals surface area contributed by atoms with Crippen molar-refractivity contribution in [1.29, 1.82) is 0 Å². The van der Waals surface area contributed by atoms with Crippen molar-refractivity contribution in [3.63, 3.8) is 0 Å². The summed E-state index contributed by atoms with van der Waals surface area (Å²) in [6, 6.07) is 12.1. The second-order valence-electron chi connectivity index (χ2n) is 5.11. The van der Waals surface area contributed by atoms with Crippen molar-refractivity contribution in [2.24, 2.45) is 5.73 Å². The molecule has 2 heterocycles. The first-order chi connectivity index (χ1) is 9.65. The first-order valence-corrected chi connectivity index (χ1v) is 6.68. The summed E-state index contributed by atoms with van der Waals surface area (Å²) in [6.07, 6.45) is 3.73. The lowest BCUT2D eigenvalue weighted by atomic mass is 9.96. The highest BCUT2D eigenvalue weighted by atomic mass is 14.7. The minimum atomic E-state index is -0.186. The maximum atomic E-state index is 6.45. The van der Waals surface area contributed by atoms with E-state index in [1.165, 1.54) is 0 Å². The van der Waals surface area contributed by atoms with Crippen molar-refractivity contribution < 1.29 is 0 Å². The maximum Gasteiger partial charge on any atom is 0.0574 e. The van der Waals surface area contributed by atoms with Gasteiger partial charge in [-0.2, -0.15) is 0 Å². The molecule has 1 unspecified atom stereocenters. The van der Waals surface area contributed by atoms with E-state index in [1.54, 1.807) is 0 Å². The first kappa shape index (κ1) is 12.8. The normalized spacial score (nSPS) is 12.6. The molecule has 1 aromatic carbocycles. The van der Waals surface area contributed by atoms with Crippen molar-refractivity contribution in [3.05, 3.63) is 71.3 Å². The number of pyridine rings is 2. The fourth-order valence-corrected chi connectivity index (χ4v) is 2.61. The lowest BCUT2D eigenvalue weighted by Crippen LogP contribution is -2.13. The number of hydrogen-bond acceptors (Lipinski definition) is 3. The van der Waals surface area contributed by atoms with Crippen LogP contribution in [0.3, 0.4) is 0 Å². The van der Waals surface area contributed by atoms with Gasteiger partial charge in [0.1, 0.15) is 0 Å². The van der Waals surface area contributed by atoms with Crippen LogP contribution in [0.4, 0.5) is 0 Å². The van der Waals surface area contributed by atoms with Gasteiger partial charge >= 0.3 is 0 Å². The summed E-state index contributed by atoms with van der Waals surface area (Å²) in [4.78, 5) is 8.71. The average molecular weight is 263 g/mol. The summed E-state index contributed by atoms with van der Waals surface area (Å²) < 4.78 is 0. The molecule has 0 bridgehead atoms. The zero-order valence-corrected chi connectivity index (χ0v) is 11.7. The van der Waals surface area contributed by atoms with E-state index in [2.05, 4.69) is 22.1 Å². The van der Waals surface area contributed by atoms with Crippen molar-refractivity contribution in [3.8, 4) is 0 Å². The van der Waals surface area contributed by atoms with Gasteiger partial charge in [0, 0.05) is 29.2 Å². The standard InChI is InChI=1S/C17H17N3/c1-11-7-14(8-12(2)20-11)17(18)16-10-19-9-13-5-3-4-6-15(13)16/h3-10,17H,18H2,1-2H3. The number of aromatic nitrogens is 2. The van der Waals surface area contributed by atoms with Gasteiger partial charge in [0.15, 0.2) is 0 Å². The molecule has 3 rings (SSSR count). The molecule has 1 atom stereocenters. The van der Waals surface area contributed by atoms with Crippen LogP contribution in [0.15, 0.2) is 48.8 Å². The van der Waals surface area contributed by atoms with E-state index in [0.717, 1.165) is 33.3 Å². The summed E-state index contributed by atoms with van der Waals surface area (Å²) in [6.45, 7) is 3.98. The minimum absolute atomic E-state index is 0.186. The van der Waals surface area contributed by atoms with E-state index >= 15 is 0 Å². The molecule has 0 spiro atoms. The highest BCUT2D eigenvalue weighted by Crippen LogP contribution is 2.26. The Hall–Kier alpha value is -2.26. The van der Waals surface area contributed by atoms with E-state index in [4.69, 9.17) is 5.73 Å². The van der Waals surface area contributed by atoms with Gasteiger partial charge in [0.05, 0.1) is 6.04 Å². The Balaban J connectivity index is 2.15. The van der Waals surface area contributed by atoms with Crippen LogP contribution in [-0.4, -0.2) is 9.97 Å². The molecule has 0 radical (unpaired) electrons. The third-order valence-electron chi connectivity index (χ3n) is 3.50. The zero-order valence-electron chi connectivity index (χ0n) is 11.7. The molecule has 0 aliphatic carbocycles. The summed E-state index contributed by atoms with van der Waals surface area (Å²) in [5.74, 6) is 0. The SMILES string of the molecule is Cc1cc(C(N)c2cncc3ccccc23)cc(C)n1. The molecule has 3 aromatic rings. The Morgan fingerprint density at radius 3 is 2.45 bits per heavy atom. The summed E-state index contributed by atoms with van der Waals surface area (Å²) in [7, 11) is 0. The van der Waals surface area contributed by atoms with Crippen LogP contribution in [-0.2, 0) is 0 Å². The number of hydrogen-bond donors (Lipinski definition) is 1. The average Bonchev–Trinajstić information content (AvgIpc) is 2.45. The Bertz CT molecular complexity index is 740. The van der Waals surface area contributed by atoms with Gasteiger partial charge in [-0.05, 0) is 42.5 Å². The molecule has 0 fully saturated rings. The van der Waals surface area contributed by atoms with Crippen LogP contribution >= 0.6 is 0 Å². The predicted molar refractivity (Wildman–Crippen MR) is 81.5 cm³/mol. The fraction of sp³-hybridized carbons (Fsp3) is 0.176. The highest BCUT2D eigenvalue weighted by Gasteiger charge is 2.13. The Morgan fingerprint density at radius 2 is 1.70 bits per heavy atom. The topological polar surface area (TPSA) is 51.8 Å². The van der Waals surface area contributed by atoms with E-state index < -0.39 is 0 Å². The summed E-state index contributed by atoms with van der Waals surface area (Å²) >= 11 is 0. The predicted octanol–water partition coefficient (Wildman–Crippen LogP) is 3.29. The molecule has 3 heteroatoms. The Labute approximate surface area is 118 Å². The van der Waals surface area contributed by atoms with Crippen LogP contribution in [0.25, 0.3) is 10.8 Å². The number of rotatable bonds is 2. The smallest absolute Gasteiger partial charge is 0.0574 e. The van der Waals surface area contributed by atoms with E-state index in [-0.39, 0.29) is 6.04 Å². The lowest BCUT2D eigenvalue weighted by molar-refractivity contribution is 0.862. The van der Waals surface area contributed by atoms with Gasteiger partial charge in [-0.25, -0.2) is 0 Å². The molecule has 3 nitrogen and oxygen atoms in total. The van der Waals surface area contributed by atoms with Crippen molar-refractivity contribution >= 4 is 10.8 Å². The van der Waals surface area contributed by atoms with Crippen molar-refractivity contribution in [1.82, 2.24) is 9.97 Å². The molecule has 2 N–H and O–H groups in total. The van der Waals surface area contributed by atoms with Gasteiger partial charge < -0.3 is 5.73 Å². The minimum Gasteiger partial charge on any atom is -0.320 e. The maximum absolute atomic E-state index is 6.45. The summed E-state index contributed by atoms with van der Waals surface area (Å²) in [5.41, 5.74) is 10.6. The third kappa shape index (κ3) is 2.28. The number of aryl methyl sites for hydroxylation is 2. The quantitative estimate of drug-likeness (QED) is 0.771. The Morgan fingerprint density at radius 1 is 1.00 bits per heavy atom. The van der Waals surface area contributed by atoms with E-state index in [9.17, 15) is 0 Å². The van der Waals surface area contributed by atoms with Gasteiger partial charge in [-0.15, -0.1) is 0 Å². The summed E-state index contributed by atoms with van der Waals surface area (Å²) in [5, 5.41) is 2.27. The monoisotopic (exact) mass is 263 g/mol. The molecule has 20 heavy (non-hydrogen) atoms. The molecule has 0 saturated heterocycles. The van der Waals surface area contributed by atoms with Gasteiger partial charge in [-0.1, -0.05) is 24.3 Å². The molecule has 0 amide bonds. The molecule has 100 valence electrons. The van der Waals surface area contributed by atoms with Crippen molar-refractivity contribution in [2.75, 3.05) is 0 Å². The van der Waals surface area contributed by atoms with Crippen LogP contribution in [0.2, 0.25) is 0 Å². The van der Waals surface area contributed by atoms with E-state index in [0.29, 0.717) is 0 Å². The molecule has 0 aliphatic rings. The van der Waals surface area contributed by atoms with Gasteiger partial charge in [-0.3, -0.25) is 9.97 Å². The van der Waals surface area contributed by atoms with Gasteiger partial charge in [0.25, 0.3) is 0 Å². The molecule has 0 saturated carbocycles. The number of fused-ring (bicyclic) bond motifs is 1. The van der Waals surface area contributed by atoms with Crippen LogP contribution in [0, 0.1) is 13.8 Å². The zero-order chi connectivity index (χ0) is 14.1. The number of benzene rings is 1. The molecular weight excluding hydrogens is 246 g/mol. The van der Waals surface area contributed by atoms with Gasteiger partial charge in [0.2, 0.25) is 0 Å². The van der Waals surface area contributed by atoms with E-state index in [1.807, 2.05) is 50.5 Å². The third-order valence-corrected chi connectivity index (χ3v) is 3.50. The van der Waals surface area contributed by atoms with Crippen molar-refractivity contribution in [2.45, 2.75) is 19.9 Å². The molecule has 2 aromatic heterocycles. The molecule has 0 aliphatic heterocycles. The molecular formula is C17H17N3. The second kappa shape index (κ2) is 5.02.